The van der Waals surface area contributed by atoms with E-state index >= 15 is 0 Å². The number of alkyl halides is 3. The highest BCUT2D eigenvalue weighted by atomic mass is 19.4. The van der Waals surface area contributed by atoms with Gasteiger partial charge in [0.2, 0.25) is 0 Å². The van der Waals surface area contributed by atoms with Crippen molar-refractivity contribution in [3.05, 3.63) is 71.9 Å². The number of carbonyl (C=O) groups excluding carboxylic acids is 1. The molecule has 1 heterocycles. The monoisotopic (exact) mass is 386 g/mol. The molecule has 1 unspecified atom stereocenters. The third-order valence-electron chi connectivity index (χ3n) is 4.28. The Morgan fingerprint density at radius 1 is 1.18 bits per heavy atom. The van der Waals surface area contributed by atoms with Crippen molar-refractivity contribution >= 4 is 17.8 Å². The average Bonchev–Trinajstić information content (AvgIpc) is 3.04. The minimum absolute atomic E-state index is 0.110. The van der Waals surface area contributed by atoms with Crippen LogP contribution in [0.3, 0.4) is 0 Å². The molecule has 6 nitrogen and oxygen atoms in total. The van der Waals surface area contributed by atoms with Crippen LogP contribution < -0.4 is 10.5 Å². The van der Waals surface area contributed by atoms with Gasteiger partial charge in [-0.3, -0.25) is 4.57 Å². The molecule has 4 rings (SSSR count). The number of halogens is 3. The zero-order chi connectivity index (χ0) is 19.9. The first-order valence-corrected chi connectivity index (χ1v) is 8.19. The molecule has 2 aromatic rings. The molecule has 0 saturated heterocycles. The number of ether oxygens (including phenoxy) is 1. The van der Waals surface area contributed by atoms with Crippen molar-refractivity contribution in [3.63, 3.8) is 0 Å². The first-order valence-electron chi connectivity index (χ1n) is 8.19. The highest BCUT2D eigenvalue weighted by molar-refractivity contribution is 6.10. The number of nitrogens with zero attached hydrogens (tertiary/aromatic N) is 3. The fourth-order valence-corrected chi connectivity index (χ4v) is 3.18. The van der Waals surface area contributed by atoms with E-state index in [2.05, 4.69) is 14.7 Å². The van der Waals surface area contributed by atoms with Crippen LogP contribution in [-0.4, -0.2) is 27.7 Å². The summed E-state index contributed by atoms with van der Waals surface area (Å²) in [6, 6.07) is 4.78. The van der Waals surface area contributed by atoms with Crippen molar-refractivity contribution in [3.8, 4) is 11.4 Å². The van der Waals surface area contributed by atoms with E-state index < -0.39 is 12.4 Å². The van der Waals surface area contributed by atoms with Crippen LogP contribution in [0.4, 0.5) is 18.0 Å². The van der Waals surface area contributed by atoms with Crippen molar-refractivity contribution in [1.82, 2.24) is 9.55 Å². The summed E-state index contributed by atoms with van der Waals surface area (Å²) < 4.78 is 42.6. The summed E-state index contributed by atoms with van der Waals surface area (Å²) in [6.07, 6.45) is 5.94. The van der Waals surface area contributed by atoms with Crippen LogP contribution in [0.15, 0.2) is 65.5 Å². The molecule has 0 bridgehead atoms. The molecule has 1 atom stereocenters. The number of rotatable bonds is 2. The van der Waals surface area contributed by atoms with E-state index in [9.17, 15) is 18.0 Å². The van der Waals surface area contributed by atoms with E-state index in [0.29, 0.717) is 11.4 Å². The van der Waals surface area contributed by atoms with Gasteiger partial charge in [-0.25, -0.2) is 9.78 Å². The first kappa shape index (κ1) is 17.8. The molecule has 0 aliphatic heterocycles. The van der Waals surface area contributed by atoms with Crippen molar-refractivity contribution in [1.29, 1.82) is 0 Å². The van der Waals surface area contributed by atoms with Crippen LogP contribution in [0.2, 0.25) is 0 Å². The van der Waals surface area contributed by atoms with Gasteiger partial charge in [-0.1, -0.05) is 12.2 Å². The van der Waals surface area contributed by atoms with Gasteiger partial charge < -0.3 is 10.5 Å². The number of carbonyl (C=O) groups is 1. The fraction of sp³-hybridized carbons (Fsp3) is 0.105. The third-order valence-corrected chi connectivity index (χ3v) is 4.28. The molecular weight excluding hydrogens is 373 g/mol. The predicted molar refractivity (Wildman–Crippen MR) is 96.3 cm³/mol. The minimum atomic E-state index is -4.73. The van der Waals surface area contributed by atoms with E-state index in [4.69, 9.17) is 5.73 Å². The molecule has 0 saturated carbocycles. The standard InChI is InChI=1S/C19H13F3N4O2/c20-19(21,22)28-14-5-3-13(4-6-14)26-10-24-17-15-7-2-12(25-18(23)27)9-11(15)1-8-16(17)26/h1-10,15H,(H2,23,27). The van der Waals surface area contributed by atoms with E-state index in [0.717, 1.165) is 17.0 Å². The molecule has 2 amide bonds. The Morgan fingerprint density at radius 2 is 1.93 bits per heavy atom. The molecule has 28 heavy (non-hydrogen) atoms. The van der Waals surface area contributed by atoms with Crippen LogP contribution in [0.1, 0.15) is 17.3 Å². The lowest BCUT2D eigenvalue weighted by molar-refractivity contribution is -0.274. The van der Waals surface area contributed by atoms with E-state index in [1.165, 1.54) is 24.3 Å². The fourth-order valence-electron chi connectivity index (χ4n) is 3.18. The van der Waals surface area contributed by atoms with Crippen molar-refractivity contribution in [2.24, 2.45) is 10.7 Å². The summed E-state index contributed by atoms with van der Waals surface area (Å²) in [5.74, 6) is -0.400. The van der Waals surface area contributed by atoms with E-state index in [1.807, 2.05) is 18.2 Å². The second-order valence-corrected chi connectivity index (χ2v) is 6.12. The van der Waals surface area contributed by atoms with Crippen molar-refractivity contribution < 1.29 is 22.7 Å². The van der Waals surface area contributed by atoms with E-state index in [1.54, 1.807) is 23.0 Å². The van der Waals surface area contributed by atoms with Gasteiger partial charge in [0.15, 0.2) is 0 Å². The van der Waals surface area contributed by atoms with Crippen LogP contribution >= 0.6 is 0 Å². The number of nitrogens with two attached hydrogens (primary N) is 1. The Balaban J connectivity index is 1.64. The Morgan fingerprint density at radius 3 is 2.61 bits per heavy atom. The van der Waals surface area contributed by atoms with Crippen LogP contribution in [0.5, 0.6) is 5.75 Å². The van der Waals surface area contributed by atoms with E-state index in [-0.39, 0.29) is 11.7 Å². The lowest BCUT2D eigenvalue weighted by atomic mass is 9.85. The lowest BCUT2D eigenvalue weighted by Crippen LogP contribution is -2.17. The SMILES string of the molecule is NC(=O)N=C1C=CC2C(=C1)C=Cc1c2ncn1-c1ccc(OC(F)(F)F)cc1. The minimum Gasteiger partial charge on any atom is -0.406 e. The van der Waals surface area contributed by atoms with Gasteiger partial charge in [0.05, 0.1) is 17.1 Å². The molecule has 0 radical (unpaired) electrons. The number of benzene rings is 1. The van der Waals surface area contributed by atoms with Gasteiger partial charge in [0, 0.05) is 11.6 Å². The summed E-state index contributed by atoms with van der Waals surface area (Å²) in [5, 5.41) is 0. The normalized spacial score (nSPS) is 19.2. The zero-order valence-corrected chi connectivity index (χ0v) is 14.2. The van der Waals surface area contributed by atoms with Crippen LogP contribution in [0.25, 0.3) is 11.8 Å². The van der Waals surface area contributed by atoms with Gasteiger partial charge in [-0.15, -0.1) is 13.2 Å². The maximum absolute atomic E-state index is 12.3. The smallest absolute Gasteiger partial charge is 0.406 e. The topological polar surface area (TPSA) is 82.5 Å². The maximum atomic E-state index is 12.3. The van der Waals surface area contributed by atoms with Crippen molar-refractivity contribution in [2.45, 2.75) is 12.3 Å². The quantitative estimate of drug-likeness (QED) is 0.850. The van der Waals surface area contributed by atoms with Gasteiger partial charge >= 0.3 is 12.4 Å². The number of allylic oxidation sites excluding steroid dienone is 5. The predicted octanol–water partition coefficient (Wildman–Crippen LogP) is 3.90. The summed E-state index contributed by atoms with van der Waals surface area (Å²) >= 11 is 0. The van der Waals surface area contributed by atoms with Crippen LogP contribution in [0, 0.1) is 0 Å². The molecule has 0 spiro atoms. The lowest BCUT2D eigenvalue weighted by Gasteiger charge is -2.21. The zero-order valence-electron chi connectivity index (χ0n) is 14.2. The summed E-state index contributed by atoms with van der Waals surface area (Å²) in [5.41, 5.74) is 8.71. The van der Waals surface area contributed by atoms with Crippen molar-refractivity contribution in [2.75, 3.05) is 0 Å². The Bertz CT molecular complexity index is 1060. The molecular formula is C19H13F3N4O2. The Kier molecular flexibility index (Phi) is 4.14. The number of primary amides is 1. The second-order valence-electron chi connectivity index (χ2n) is 6.12. The second kappa shape index (κ2) is 6.52. The van der Waals surface area contributed by atoms with Crippen LogP contribution in [-0.2, 0) is 0 Å². The molecule has 2 aliphatic carbocycles. The maximum Gasteiger partial charge on any atom is 0.573 e. The van der Waals surface area contributed by atoms with Gasteiger partial charge in [0.25, 0.3) is 0 Å². The number of fused-ring (bicyclic) bond motifs is 3. The van der Waals surface area contributed by atoms with Gasteiger partial charge in [-0.05, 0) is 48.1 Å². The highest BCUT2D eigenvalue weighted by Crippen LogP contribution is 2.37. The molecule has 1 aromatic heterocycles. The molecule has 2 aliphatic rings. The number of imidazole rings is 1. The number of hydrogen-bond donors (Lipinski definition) is 1. The number of urea groups is 1. The highest BCUT2D eigenvalue weighted by Gasteiger charge is 2.31. The van der Waals surface area contributed by atoms with Gasteiger partial charge in [-0.2, -0.15) is 4.99 Å². The number of aromatic nitrogens is 2. The van der Waals surface area contributed by atoms with Gasteiger partial charge in [0.1, 0.15) is 12.1 Å². The Labute approximate surface area is 157 Å². The number of amides is 2. The first-order chi connectivity index (χ1) is 13.3. The third kappa shape index (κ3) is 3.46. The Hall–Kier alpha value is -3.62. The molecule has 9 heteroatoms. The summed E-state index contributed by atoms with van der Waals surface area (Å²) in [4.78, 5) is 19.1. The number of aliphatic imine (C=N–C) groups is 1. The number of hydrogen-bond acceptors (Lipinski definition) is 3. The molecule has 2 N–H and O–H groups in total. The largest absolute Gasteiger partial charge is 0.573 e. The summed E-state index contributed by atoms with van der Waals surface area (Å²) in [6.45, 7) is 0. The summed E-state index contributed by atoms with van der Waals surface area (Å²) in [7, 11) is 0. The average molecular weight is 386 g/mol. The molecule has 1 aromatic carbocycles. The molecule has 0 fully saturated rings. The molecule has 142 valence electrons.